The minimum absolute atomic E-state index is 0.116. The Morgan fingerprint density at radius 1 is 1.13 bits per heavy atom. The number of piperidine rings is 1. The van der Waals surface area contributed by atoms with E-state index in [1.54, 1.807) is 0 Å². The van der Waals surface area contributed by atoms with Crippen molar-refractivity contribution in [2.45, 2.75) is 25.2 Å². The van der Waals surface area contributed by atoms with Crippen LogP contribution in [0.3, 0.4) is 0 Å². The number of esters is 1. The summed E-state index contributed by atoms with van der Waals surface area (Å²) in [6.45, 7) is 1.32. The summed E-state index contributed by atoms with van der Waals surface area (Å²) in [7, 11) is 0. The maximum Gasteiger partial charge on any atom is 0.320 e. The van der Waals surface area contributed by atoms with Gasteiger partial charge in [-0.05, 0) is 37.4 Å². The van der Waals surface area contributed by atoms with Crippen molar-refractivity contribution >= 4 is 5.97 Å². The topological polar surface area (TPSA) is 29.5 Å². The van der Waals surface area contributed by atoms with Crippen LogP contribution in [0.1, 0.15) is 30.7 Å². The number of carbonyl (C=O) groups is 1. The minimum atomic E-state index is -2.36. The molecule has 1 fully saturated rings. The van der Waals surface area contributed by atoms with Gasteiger partial charge in [-0.15, -0.1) is 0 Å². The zero-order valence-corrected chi connectivity index (χ0v) is 12.8. The van der Waals surface area contributed by atoms with Gasteiger partial charge in [-0.25, -0.2) is 4.39 Å². The molecule has 0 aromatic heterocycles. The highest BCUT2D eigenvalue weighted by molar-refractivity contribution is 5.71. The molecule has 1 aliphatic rings. The van der Waals surface area contributed by atoms with Crippen molar-refractivity contribution in [3.05, 3.63) is 47.8 Å². The lowest BCUT2D eigenvalue weighted by Gasteiger charge is -2.31. The van der Waals surface area contributed by atoms with Crippen LogP contribution in [-0.4, -0.2) is 37.1 Å². The van der Waals surface area contributed by atoms with Crippen LogP contribution in [0.25, 0.3) is 0 Å². The Hall–Kier alpha value is -1.82. The average Bonchev–Trinajstić information content (AvgIpc) is 2.56. The van der Waals surface area contributed by atoms with Crippen molar-refractivity contribution in [3.8, 4) is 0 Å². The highest BCUT2D eigenvalue weighted by Crippen LogP contribution is 2.27. The molecule has 0 radical (unpaired) electrons. The van der Waals surface area contributed by atoms with Gasteiger partial charge in [-0.1, -0.05) is 30.3 Å². The van der Waals surface area contributed by atoms with E-state index >= 15 is 0 Å². The monoisotopic (exact) mass is 327 g/mol. The van der Waals surface area contributed by atoms with E-state index in [9.17, 15) is 18.0 Å². The first kappa shape index (κ1) is 17.5. The lowest BCUT2D eigenvalue weighted by Crippen LogP contribution is -2.37. The summed E-state index contributed by atoms with van der Waals surface area (Å²) in [4.78, 5) is 13.6. The fourth-order valence-corrected chi connectivity index (χ4v) is 2.73. The average molecular weight is 327 g/mol. The minimum Gasteiger partial charge on any atom is -0.464 e. The fourth-order valence-electron chi connectivity index (χ4n) is 2.73. The summed E-state index contributed by atoms with van der Waals surface area (Å²) in [5.41, 5.74) is 1.31. The second-order valence-electron chi connectivity index (χ2n) is 5.60. The molecule has 1 heterocycles. The Kier molecular flexibility index (Phi) is 6.65. The molecule has 1 aromatic carbocycles. The largest absolute Gasteiger partial charge is 0.464 e. The van der Waals surface area contributed by atoms with Crippen LogP contribution in [-0.2, 0) is 9.53 Å². The number of rotatable bonds is 6. The third-order valence-electron chi connectivity index (χ3n) is 4.00. The van der Waals surface area contributed by atoms with Gasteiger partial charge in [0.15, 0.2) is 5.83 Å². The lowest BCUT2D eigenvalue weighted by molar-refractivity contribution is -0.145. The van der Waals surface area contributed by atoms with Gasteiger partial charge in [0.25, 0.3) is 0 Å². The Morgan fingerprint density at radius 3 is 2.39 bits per heavy atom. The van der Waals surface area contributed by atoms with Crippen LogP contribution in [0, 0.1) is 0 Å². The summed E-state index contributed by atoms with van der Waals surface area (Å²) < 4.78 is 41.1. The van der Waals surface area contributed by atoms with Crippen LogP contribution in [0.15, 0.2) is 42.2 Å². The molecule has 2 rings (SSSR count). The maximum atomic E-state index is 12.6. The quantitative estimate of drug-likeness (QED) is 0.743. The highest BCUT2D eigenvalue weighted by atomic mass is 19.3. The Balaban J connectivity index is 1.68. The van der Waals surface area contributed by atoms with Crippen LogP contribution in [0.4, 0.5) is 13.2 Å². The molecule has 0 bridgehead atoms. The van der Waals surface area contributed by atoms with Crippen LogP contribution in [0.5, 0.6) is 0 Å². The molecule has 0 saturated carbocycles. The van der Waals surface area contributed by atoms with Gasteiger partial charge in [-0.3, -0.25) is 9.69 Å². The standard InChI is InChI=1S/C17H20F3NO2/c18-15(17(19)20)8-11-23-16(22)12-21-9-6-14(7-10-21)13-4-2-1-3-5-13/h1-5,14H,6-12H2. The molecule has 0 N–H and O–H groups in total. The molecule has 3 nitrogen and oxygen atoms in total. The SMILES string of the molecule is O=C(CN1CCC(c2ccccc2)CC1)OCCC(F)=C(F)F. The van der Waals surface area contributed by atoms with Gasteiger partial charge in [0.05, 0.1) is 13.2 Å². The summed E-state index contributed by atoms with van der Waals surface area (Å²) in [5, 5.41) is 0. The number of benzene rings is 1. The Bertz CT molecular complexity index is 536. The molecule has 0 aliphatic carbocycles. The first-order valence-electron chi connectivity index (χ1n) is 7.69. The number of carbonyl (C=O) groups excluding carboxylic acids is 1. The molecule has 0 spiro atoms. The molecular formula is C17H20F3NO2. The van der Waals surface area contributed by atoms with E-state index < -0.39 is 24.3 Å². The summed E-state index contributed by atoms with van der Waals surface area (Å²) >= 11 is 0. The van der Waals surface area contributed by atoms with E-state index in [0.717, 1.165) is 25.9 Å². The third kappa shape index (κ3) is 5.71. The van der Waals surface area contributed by atoms with E-state index in [0.29, 0.717) is 5.92 Å². The molecule has 23 heavy (non-hydrogen) atoms. The number of ether oxygens (including phenoxy) is 1. The first-order valence-corrected chi connectivity index (χ1v) is 7.69. The van der Waals surface area contributed by atoms with E-state index in [1.807, 2.05) is 23.1 Å². The van der Waals surface area contributed by atoms with E-state index in [-0.39, 0.29) is 13.2 Å². The van der Waals surface area contributed by atoms with Gasteiger partial charge >= 0.3 is 12.0 Å². The molecule has 126 valence electrons. The van der Waals surface area contributed by atoms with Crippen molar-refractivity contribution in [2.24, 2.45) is 0 Å². The van der Waals surface area contributed by atoms with Crippen molar-refractivity contribution < 1.29 is 22.7 Å². The zero-order valence-electron chi connectivity index (χ0n) is 12.8. The third-order valence-corrected chi connectivity index (χ3v) is 4.00. The van der Waals surface area contributed by atoms with Gasteiger partial charge in [0.1, 0.15) is 0 Å². The predicted octanol–water partition coefficient (Wildman–Crippen LogP) is 3.88. The number of nitrogens with zero attached hydrogens (tertiary/aromatic N) is 1. The molecule has 6 heteroatoms. The van der Waals surface area contributed by atoms with Crippen LogP contribution < -0.4 is 0 Å². The van der Waals surface area contributed by atoms with Crippen molar-refractivity contribution in [2.75, 3.05) is 26.2 Å². The predicted molar refractivity (Wildman–Crippen MR) is 80.8 cm³/mol. The van der Waals surface area contributed by atoms with Gasteiger partial charge in [-0.2, -0.15) is 8.78 Å². The van der Waals surface area contributed by atoms with E-state index in [4.69, 9.17) is 4.74 Å². The van der Waals surface area contributed by atoms with Crippen molar-refractivity contribution in [1.82, 2.24) is 4.90 Å². The number of likely N-dealkylation sites (tertiary alicyclic amines) is 1. The fraction of sp³-hybridized carbons (Fsp3) is 0.471. The van der Waals surface area contributed by atoms with Gasteiger partial charge in [0, 0.05) is 6.42 Å². The van der Waals surface area contributed by atoms with E-state index in [1.165, 1.54) is 5.56 Å². The highest BCUT2D eigenvalue weighted by Gasteiger charge is 2.22. The lowest BCUT2D eigenvalue weighted by atomic mass is 9.89. The molecular weight excluding hydrogens is 307 g/mol. The van der Waals surface area contributed by atoms with Crippen molar-refractivity contribution in [3.63, 3.8) is 0 Å². The second-order valence-corrected chi connectivity index (χ2v) is 5.60. The van der Waals surface area contributed by atoms with Gasteiger partial charge < -0.3 is 4.74 Å². The molecule has 0 unspecified atom stereocenters. The first-order chi connectivity index (χ1) is 11.1. The maximum absolute atomic E-state index is 12.6. The normalized spacial score (nSPS) is 16.1. The molecule has 1 aromatic rings. The number of hydrogen-bond acceptors (Lipinski definition) is 3. The van der Waals surface area contributed by atoms with E-state index in [2.05, 4.69) is 12.1 Å². The molecule has 0 amide bonds. The van der Waals surface area contributed by atoms with Crippen LogP contribution in [0.2, 0.25) is 0 Å². The van der Waals surface area contributed by atoms with Crippen molar-refractivity contribution in [1.29, 1.82) is 0 Å². The second kappa shape index (κ2) is 8.72. The molecule has 1 saturated heterocycles. The molecule has 1 aliphatic heterocycles. The van der Waals surface area contributed by atoms with Crippen LogP contribution >= 0.6 is 0 Å². The Labute approximate surface area is 133 Å². The van der Waals surface area contributed by atoms with Gasteiger partial charge in [0.2, 0.25) is 0 Å². The smallest absolute Gasteiger partial charge is 0.320 e. The number of halogens is 3. The summed E-state index contributed by atoms with van der Waals surface area (Å²) in [6.07, 6.45) is -1.02. The molecule has 0 atom stereocenters. The number of hydrogen-bond donors (Lipinski definition) is 0. The zero-order chi connectivity index (χ0) is 16.7. The summed E-state index contributed by atoms with van der Waals surface area (Å²) in [5.74, 6) is -1.54. The Morgan fingerprint density at radius 2 is 1.78 bits per heavy atom. The summed E-state index contributed by atoms with van der Waals surface area (Å²) in [6, 6.07) is 10.3.